The summed E-state index contributed by atoms with van der Waals surface area (Å²) in [4.78, 5) is 14.3. The van der Waals surface area contributed by atoms with Crippen LogP contribution in [-0.2, 0) is 4.79 Å². The van der Waals surface area contributed by atoms with Gasteiger partial charge in [-0.25, -0.2) is 0 Å². The maximum Gasteiger partial charge on any atom is 0.246 e. The number of halogens is 1. The molecule has 3 nitrogen and oxygen atoms in total. The van der Waals surface area contributed by atoms with E-state index in [9.17, 15) is 4.79 Å². The number of benzene rings is 1. The Morgan fingerprint density at radius 1 is 1.28 bits per heavy atom. The first-order valence-corrected chi connectivity index (χ1v) is 6.46. The van der Waals surface area contributed by atoms with Crippen molar-refractivity contribution in [2.45, 2.75) is 38.8 Å². The molecule has 4 heteroatoms. The molecule has 0 aliphatic carbocycles. The highest BCUT2D eigenvalue weighted by Crippen LogP contribution is 2.28. The number of rotatable bonds is 1. The molecule has 0 atom stereocenters. The average molecular weight is 267 g/mol. The van der Waals surface area contributed by atoms with E-state index >= 15 is 0 Å². The molecule has 1 aromatic rings. The highest BCUT2D eigenvalue weighted by molar-refractivity contribution is 6.31. The van der Waals surface area contributed by atoms with Gasteiger partial charge in [0, 0.05) is 22.8 Å². The number of carbonyl (C=O) groups excluding carboxylic acids is 1. The molecule has 98 valence electrons. The molecule has 18 heavy (non-hydrogen) atoms. The molecule has 1 aliphatic rings. The van der Waals surface area contributed by atoms with Gasteiger partial charge in [0.15, 0.2) is 0 Å². The van der Waals surface area contributed by atoms with Crippen molar-refractivity contribution in [1.29, 1.82) is 0 Å². The highest BCUT2D eigenvalue weighted by atomic mass is 35.5. The van der Waals surface area contributed by atoms with Crippen LogP contribution in [0, 0.1) is 0 Å². The minimum Gasteiger partial charge on any atom is -0.309 e. The fourth-order valence-corrected chi connectivity index (χ4v) is 2.78. The predicted molar refractivity (Wildman–Crippen MR) is 75.1 cm³/mol. The monoisotopic (exact) mass is 266 g/mol. The lowest BCUT2D eigenvalue weighted by atomic mass is 9.90. The second kappa shape index (κ2) is 4.25. The fourth-order valence-electron chi connectivity index (χ4n) is 2.60. The Kier molecular flexibility index (Phi) is 3.16. The van der Waals surface area contributed by atoms with Gasteiger partial charge in [-0.2, -0.15) is 0 Å². The largest absolute Gasteiger partial charge is 0.309 e. The van der Waals surface area contributed by atoms with Crippen LogP contribution in [0.4, 0.5) is 5.69 Å². The number of hydrogen-bond acceptors (Lipinski definition) is 2. The Morgan fingerprint density at radius 2 is 1.94 bits per heavy atom. The molecule has 1 heterocycles. The minimum absolute atomic E-state index is 0.0732. The van der Waals surface area contributed by atoms with Crippen molar-refractivity contribution >= 4 is 23.2 Å². The van der Waals surface area contributed by atoms with Gasteiger partial charge in [-0.05, 0) is 45.9 Å². The van der Waals surface area contributed by atoms with Gasteiger partial charge in [-0.1, -0.05) is 17.7 Å². The summed E-state index contributed by atoms with van der Waals surface area (Å²) in [6.07, 6.45) is 0. The zero-order valence-corrected chi connectivity index (χ0v) is 12.0. The summed E-state index contributed by atoms with van der Waals surface area (Å²) < 4.78 is 0. The van der Waals surface area contributed by atoms with Crippen LogP contribution < -0.4 is 10.2 Å². The topological polar surface area (TPSA) is 32.3 Å². The van der Waals surface area contributed by atoms with Crippen molar-refractivity contribution in [3.63, 3.8) is 0 Å². The second-order valence-electron chi connectivity index (χ2n) is 6.01. The van der Waals surface area contributed by atoms with Gasteiger partial charge < -0.3 is 4.90 Å². The Balaban J connectivity index is 2.40. The van der Waals surface area contributed by atoms with Crippen LogP contribution in [0.3, 0.4) is 0 Å². The van der Waals surface area contributed by atoms with Gasteiger partial charge in [0.1, 0.15) is 0 Å². The van der Waals surface area contributed by atoms with E-state index in [1.54, 1.807) is 0 Å². The van der Waals surface area contributed by atoms with Crippen molar-refractivity contribution in [3.05, 3.63) is 29.3 Å². The lowest BCUT2D eigenvalue weighted by Gasteiger charge is -2.47. The molecule has 0 saturated carbocycles. The third-order valence-electron chi connectivity index (χ3n) is 3.10. The van der Waals surface area contributed by atoms with Gasteiger partial charge in [-0.15, -0.1) is 0 Å². The second-order valence-corrected chi connectivity index (χ2v) is 6.44. The normalized spacial score (nSPS) is 22.1. The molecule has 2 rings (SSSR count). The van der Waals surface area contributed by atoms with Crippen molar-refractivity contribution in [2.75, 3.05) is 11.4 Å². The number of amides is 1. The molecule has 0 aromatic heterocycles. The predicted octanol–water partition coefficient (Wildman–Crippen LogP) is 2.83. The number of anilines is 1. The molecule has 1 saturated heterocycles. The van der Waals surface area contributed by atoms with E-state index in [4.69, 9.17) is 11.6 Å². The Morgan fingerprint density at radius 3 is 2.56 bits per heavy atom. The summed E-state index contributed by atoms with van der Waals surface area (Å²) in [5.41, 5.74) is 0.166. The molecule has 0 radical (unpaired) electrons. The quantitative estimate of drug-likeness (QED) is 0.848. The number of nitrogens with zero attached hydrogens (tertiary/aromatic N) is 1. The zero-order chi connectivity index (χ0) is 13.6. The van der Waals surface area contributed by atoms with Crippen LogP contribution in [0.2, 0.25) is 5.02 Å². The molecule has 1 N–H and O–H groups in total. The maximum atomic E-state index is 12.5. The minimum atomic E-state index is -0.565. The Hall–Kier alpha value is -1.06. The third kappa shape index (κ3) is 2.52. The first-order chi connectivity index (χ1) is 8.21. The first-order valence-electron chi connectivity index (χ1n) is 6.08. The number of hydrogen-bond donors (Lipinski definition) is 1. The van der Waals surface area contributed by atoms with Crippen LogP contribution >= 0.6 is 11.6 Å². The summed E-state index contributed by atoms with van der Waals surface area (Å²) in [5.74, 6) is 0.0732. The van der Waals surface area contributed by atoms with E-state index in [2.05, 4.69) is 19.2 Å². The van der Waals surface area contributed by atoms with E-state index < -0.39 is 5.54 Å². The highest BCUT2D eigenvalue weighted by Gasteiger charge is 2.43. The van der Waals surface area contributed by atoms with Gasteiger partial charge >= 0.3 is 0 Å². The molecule has 1 amide bonds. The Bertz CT molecular complexity index is 482. The number of piperazine rings is 1. The standard InChI is InChI=1S/C14H19ClN2O/c1-13(2)9-17(12(18)14(3,4)16-13)11-7-5-6-10(15)8-11/h5-8,16H,9H2,1-4H3. The van der Waals surface area contributed by atoms with E-state index in [0.717, 1.165) is 5.69 Å². The average Bonchev–Trinajstić information content (AvgIpc) is 2.22. The Labute approximate surface area is 113 Å². The summed E-state index contributed by atoms with van der Waals surface area (Å²) >= 11 is 6.00. The van der Waals surface area contributed by atoms with Crippen molar-refractivity contribution < 1.29 is 4.79 Å². The summed E-state index contributed by atoms with van der Waals surface area (Å²) in [5, 5.41) is 4.02. The van der Waals surface area contributed by atoms with Gasteiger partial charge in [0.05, 0.1) is 5.54 Å². The lowest BCUT2D eigenvalue weighted by molar-refractivity contribution is -0.126. The molecule has 0 unspecified atom stereocenters. The van der Waals surface area contributed by atoms with E-state index in [1.807, 2.05) is 43.0 Å². The van der Waals surface area contributed by atoms with Gasteiger partial charge in [-0.3, -0.25) is 10.1 Å². The van der Waals surface area contributed by atoms with Crippen LogP contribution in [0.25, 0.3) is 0 Å². The first kappa shape index (κ1) is 13.4. The number of nitrogens with one attached hydrogen (secondary N) is 1. The van der Waals surface area contributed by atoms with Gasteiger partial charge in [0.25, 0.3) is 0 Å². The van der Waals surface area contributed by atoms with Crippen molar-refractivity contribution in [1.82, 2.24) is 5.32 Å². The van der Waals surface area contributed by atoms with E-state index in [-0.39, 0.29) is 11.4 Å². The van der Waals surface area contributed by atoms with Crippen LogP contribution in [0.5, 0.6) is 0 Å². The van der Waals surface area contributed by atoms with Crippen LogP contribution in [0.1, 0.15) is 27.7 Å². The zero-order valence-electron chi connectivity index (χ0n) is 11.2. The number of carbonyl (C=O) groups is 1. The van der Waals surface area contributed by atoms with Crippen molar-refractivity contribution in [3.8, 4) is 0 Å². The molecule has 1 aromatic carbocycles. The van der Waals surface area contributed by atoms with Crippen molar-refractivity contribution in [2.24, 2.45) is 0 Å². The van der Waals surface area contributed by atoms with E-state index in [1.165, 1.54) is 0 Å². The maximum absolute atomic E-state index is 12.5. The molecule has 0 bridgehead atoms. The third-order valence-corrected chi connectivity index (χ3v) is 3.34. The fraction of sp³-hybridized carbons (Fsp3) is 0.500. The SMILES string of the molecule is CC1(C)CN(c2cccc(Cl)c2)C(=O)C(C)(C)N1. The molecular formula is C14H19ClN2O. The molecule has 1 aliphatic heterocycles. The lowest BCUT2D eigenvalue weighted by Crippen LogP contribution is -2.70. The smallest absolute Gasteiger partial charge is 0.246 e. The summed E-state index contributed by atoms with van der Waals surface area (Å²) in [6.45, 7) is 8.65. The molecular weight excluding hydrogens is 248 g/mol. The van der Waals surface area contributed by atoms with Crippen LogP contribution in [0.15, 0.2) is 24.3 Å². The van der Waals surface area contributed by atoms with Gasteiger partial charge in [0.2, 0.25) is 5.91 Å². The summed E-state index contributed by atoms with van der Waals surface area (Å²) in [7, 11) is 0. The van der Waals surface area contributed by atoms with E-state index in [0.29, 0.717) is 11.6 Å². The van der Waals surface area contributed by atoms with Crippen LogP contribution in [-0.4, -0.2) is 23.5 Å². The molecule has 1 fully saturated rings. The summed E-state index contributed by atoms with van der Waals surface area (Å²) in [6, 6.07) is 7.43. The molecule has 0 spiro atoms.